The molecule has 2 heterocycles. The van der Waals surface area contributed by atoms with E-state index in [9.17, 15) is 14.0 Å². The number of carbonyl (C=O) groups is 2. The Bertz CT molecular complexity index is 718. The molecular weight excluding hydrogens is 341 g/mol. The van der Waals surface area contributed by atoms with Gasteiger partial charge in [0.25, 0.3) is 0 Å². The van der Waals surface area contributed by atoms with E-state index in [2.05, 4.69) is 10.6 Å². The predicted octanol–water partition coefficient (Wildman–Crippen LogP) is 1.13. The number of carbonyl (C=O) groups excluding carboxylic acids is 2. The Morgan fingerprint density at radius 3 is 2.88 bits per heavy atom. The van der Waals surface area contributed by atoms with Crippen molar-refractivity contribution in [3.05, 3.63) is 24.0 Å². The van der Waals surface area contributed by atoms with Crippen molar-refractivity contribution in [2.45, 2.75) is 13.0 Å². The third kappa shape index (κ3) is 3.33. The first-order valence-corrected chi connectivity index (χ1v) is 8.88. The highest BCUT2D eigenvalue weighted by Gasteiger charge is 2.53. The highest BCUT2D eigenvalue weighted by molar-refractivity contribution is 5.89. The number of hydrogen-bond acceptors (Lipinski definition) is 5. The lowest BCUT2D eigenvalue weighted by Crippen LogP contribution is -2.33. The zero-order chi connectivity index (χ0) is 18.3. The van der Waals surface area contributed by atoms with E-state index in [1.54, 1.807) is 12.1 Å². The predicted molar refractivity (Wildman–Crippen MR) is 91.5 cm³/mol. The monoisotopic (exact) mass is 363 g/mol. The SMILES string of the molecule is CC(=O)NC[C@H]1CN(c2ccc(OC[C@H]3C4CNC[C@@H]43)c(F)c2)C(=O)O1. The molecule has 140 valence electrons. The number of halogens is 1. The Kier molecular flexibility index (Phi) is 4.44. The molecule has 2 amide bonds. The fourth-order valence-corrected chi connectivity index (χ4v) is 3.85. The zero-order valence-corrected chi connectivity index (χ0v) is 14.5. The summed E-state index contributed by atoms with van der Waals surface area (Å²) in [4.78, 5) is 24.3. The second-order valence-electron chi connectivity index (χ2n) is 7.13. The summed E-state index contributed by atoms with van der Waals surface area (Å²) >= 11 is 0. The molecule has 4 rings (SSSR count). The summed E-state index contributed by atoms with van der Waals surface area (Å²) in [6.45, 7) is 4.47. The van der Waals surface area contributed by atoms with Gasteiger partial charge in [0.1, 0.15) is 6.10 Å². The number of amides is 2. The van der Waals surface area contributed by atoms with E-state index in [1.165, 1.54) is 17.9 Å². The van der Waals surface area contributed by atoms with Crippen molar-refractivity contribution in [2.75, 3.05) is 37.7 Å². The van der Waals surface area contributed by atoms with Gasteiger partial charge in [-0.2, -0.15) is 0 Å². The maximum absolute atomic E-state index is 14.4. The van der Waals surface area contributed by atoms with Crippen LogP contribution in [-0.4, -0.2) is 50.9 Å². The summed E-state index contributed by atoms with van der Waals surface area (Å²) in [6, 6.07) is 4.48. The van der Waals surface area contributed by atoms with E-state index in [4.69, 9.17) is 9.47 Å². The normalized spacial score (nSPS) is 29.3. The quantitative estimate of drug-likeness (QED) is 0.792. The molecule has 1 aromatic rings. The number of ether oxygens (including phenoxy) is 2. The van der Waals surface area contributed by atoms with Gasteiger partial charge >= 0.3 is 6.09 Å². The fraction of sp³-hybridized carbons (Fsp3) is 0.556. The lowest BCUT2D eigenvalue weighted by atomic mass is 10.2. The summed E-state index contributed by atoms with van der Waals surface area (Å²) in [5.41, 5.74) is 0.415. The molecule has 2 N–H and O–H groups in total. The number of rotatable bonds is 6. The van der Waals surface area contributed by atoms with Crippen LogP contribution >= 0.6 is 0 Å². The molecule has 3 aliphatic rings. The molecule has 0 radical (unpaired) electrons. The molecule has 8 heteroatoms. The van der Waals surface area contributed by atoms with Gasteiger partial charge in [-0.3, -0.25) is 9.69 Å². The Labute approximate surface area is 150 Å². The van der Waals surface area contributed by atoms with E-state index in [0.717, 1.165) is 13.1 Å². The van der Waals surface area contributed by atoms with Crippen LogP contribution in [0.25, 0.3) is 0 Å². The second-order valence-corrected chi connectivity index (χ2v) is 7.13. The van der Waals surface area contributed by atoms with Gasteiger partial charge in [-0.1, -0.05) is 0 Å². The van der Waals surface area contributed by atoms with Gasteiger partial charge in [0, 0.05) is 18.9 Å². The summed E-state index contributed by atoms with van der Waals surface area (Å²) in [6.07, 6.45) is -1.00. The molecule has 0 aromatic heterocycles. The van der Waals surface area contributed by atoms with Crippen LogP contribution in [0.5, 0.6) is 5.75 Å². The molecule has 26 heavy (non-hydrogen) atoms. The van der Waals surface area contributed by atoms with E-state index in [-0.39, 0.29) is 24.7 Å². The van der Waals surface area contributed by atoms with Crippen LogP contribution in [-0.2, 0) is 9.53 Å². The molecule has 0 spiro atoms. The number of hydrogen-bond donors (Lipinski definition) is 2. The largest absolute Gasteiger partial charge is 0.490 e. The fourth-order valence-electron chi connectivity index (χ4n) is 3.85. The number of benzene rings is 1. The first kappa shape index (κ1) is 17.1. The standard InChI is InChI=1S/C18H22FN3O4/c1-10(23)21-5-12-8-22(18(24)26-12)11-2-3-17(16(19)4-11)25-9-15-13-6-20-7-14(13)15/h2-4,12-15,20H,5-9H2,1H3,(H,21,23)/t12-,13-,14?,15+/m0/s1. The van der Waals surface area contributed by atoms with Gasteiger partial charge in [0.2, 0.25) is 5.91 Å². The van der Waals surface area contributed by atoms with Crippen LogP contribution in [0.1, 0.15) is 6.92 Å². The molecule has 3 fully saturated rings. The minimum Gasteiger partial charge on any atom is -0.490 e. The van der Waals surface area contributed by atoms with Gasteiger partial charge in [0.05, 0.1) is 25.4 Å². The van der Waals surface area contributed by atoms with Crippen molar-refractivity contribution in [3.8, 4) is 5.75 Å². The third-order valence-electron chi connectivity index (χ3n) is 5.38. The topological polar surface area (TPSA) is 79.9 Å². The van der Waals surface area contributed by atoms with E-state index in [1.807, 2.05) is 0 Å². The summed E-state index contributed by atoms with van der Waals surface area (Å²) in [7, 11) is 0. The van der Waals surface area contributed by atoms with Crippen molar-refractivity contribution in [1.82, 2.24) is 10.6 Å². The van der Waals surface area contributed by atoms with Crippen LogP contribution in [0.15, 0.2) is 18.2 Å². The van der Waals surface area contributed by atoms with Crippen molar-refractivity contribution < 1.29 is 23.5 Å². The third-order valence-corrected chi connectivity index (χ3v) is 5.38. The van der Waals surface area contributed by atoms with E-state index >= 15 is 0 Å². The van der Waals surface area contributed by atoms with E-state index < -0.39 is 18.0 Å². The van der Waals surface area contributed by atoms with Gasteiger partial charge in [-0.25, -0.2) is 9.18 Å². The number of fused-ring (bicyclic) bond motifs is 1. The average Bonchev–Trinajstić information content (AvgIpc) is 2.95. The smallest absolute Gasteiger partial charge is 0.414 e. The maximum atomic E-state index is 14.4. The van der Waals surface area contributed by atoms with Crippen LogP contribution in [0.4, 0.5) is 14.9 Å². The Morgan fingerprint density at radius 1 is 1.42 bits per heavy atom. The summed E-state index contributed by atoms with van der Waals surface area (Å²) in [5.74, 6) is 1.36. The molecule has 0 bridgehead atoms. The lowest BCUT2D eigenvalue weighted by Gasteiger charge is -2.15. The Morgan fingerprint density at radius 2 is 2.19 bits per heavy atom. The minimum atomic E-state index is -0.549. The van der Waals surface area contributed by atoms with Crippen molar-refractivity contribution in [3.63, 3.8) is 0 Å². The summed E-state index contributed by atoms with van der Waals surface area (Å²) < 4.78 is 25.2. The molecule has 2 saturated heterocycles. The number of anilines is 1. The van der Waals surface area contributed by atoms with E-state index in [0.29, 0.717) is 30.0 Å². The second kappa shape index (κ2) is 6.75. The summed E-state index contributed by atoms with van der Waals surface area (Å²) in [5, 5.41) is 5.93. The molecular formula is C18H22FN3O4. The zero-order valence-electron chi connectivity index (χ0n) is 14.5. The van der Waals surface area contributed by atoms with Crippen molar-refractivity contribution in [1.29, 1.82) is 0 Å². The highest BCUT2D eigenvalue weighted by atomic mass is 19.1. The molecule has 1 saturated carbocycles. The van der Waals surface area contributed by atoms with Crippen LogP contribution < -0.4 is 20.3 Å². The van der Waals surface area contributed by atoms with Gasteiger partial charge < -0.3 is 20.1 Å². The molecule has 7 nitrogen and oxygen atoms in total. The van der Waals surface area contributed by atoms with Crippen LogP contribution in [0.3, 0.4) is 0 Å². The molecule has 1 unspecified atom stereocenters. The number of nitrogens with one attached hydrogen (secondary N) is 2. The molecule has 2 aliphatic heterocycles. The molecule has 4 atom stereocenters. The maximum Gasteiger partial charge on any atom is 0.414 e. The Hall–Kier alpha value is -2.35. The molecule has 1 aromatic carbocycles. The Balaban J connectivity index is 1.35. The van der Waals surface area contributed by atoms with Crippen LogP contribution in [0.2, 0.25) is 0 Å². The van der Waals surface area contributed by atoms with Gasteiger partial charge in [-0.15, -0.1) is 0 Å². The van der Waals surface area contributed by atoms with Crippen LogP contribution in [0, 0.1) is 23.6 Å². The molecule has 1 aliphatic carbocycles. The number of cyclic esters (lactones) is 1. The van der Waals surface area contributed by atoms with Gasteiger partial charge in [-0.05, 0) is 37.1 Å². The van der Waals surface area contributed by atoms with Crippen molar-refractivity contribution >= 4 is 17.7 Å². The van der Waals surface area contributed by atoms with Gasteiger partial charge in [0.15, 0.2) is 11.6 Å². The average molecular weight is 363 g/mol. The van der Waals surface area contributed by atoms with Crippen molar-refractivity contribution in [2.24, 2.45) is 17.8 Å². The first-order valence-electron chi connectivity index (χ1n) is 8.88. The highest BCUT2D eigenvalue weighted by Crippen LogP contribution is 2.48. The minimum absolute atomic E-state index is 0.192. The first-order chi connectivity index (χ1) is 12.5. The number of piperidine rings is 1. The number of nitrogens with zero attached hydrogens (tertiary/aromatic N) is 1. The lowest BCUT2D eigenvalue weighted by molar-refractivity contribution is -0.119.